The number of hydrogen-bond donors (Lipinski definition) is 3. The quantitative estimate of drug-likeness (QED) is 0.627. The zero-order valence-corrected chi connectivity index (χ0v) is 18.1. The fourth-order valence-electron chi connectivity index (χ4n) is 4.64. The van der Waals surface area contributed by atoms with Crippen molar-refractivity contribution in [2.45, 2.75) is 51.1 Å². The monoisotopic (exact) mass is 436 g/mol. The summed E-state index contributed by atoms with van der Waals surface area (Å²) in [4.78, 5) is 13.7. The molecular weight excluding hydrogens is 412 g/mol. The van der Waals surface area contributed by atoms with E-state index >= 15 is 0 Å². The zero-order chi connectivity index (χ0) is 23.0. The zero-order valence-electron chi connectivity index (χ0n) is 18.1. The molecule has 3 N–H and O–H groups in total. The molecule has 0 saturated carbocycles. The normalized spacial score (nSPS) is 26.6. The number of Topliss-reactive ketones (excluding diaryl/α,β-unsaturated/α-hetero) is 1. The van der Waals surface area contributed by atoms with Gasteiger partial charge < -0.3 is 29.5 Å². The van der Waals surface area contributed by atoms with Gasteiger partial charge in [0.2, 0.25) is 11.4 Å². The molecule has 0 saturated heterocycles. The van der Waals surface area contributed by atoms with Gasteiger partial charge in [-0.1, -0.05) is 18.2 Å². The molecule has 5 rings (SSSR count). The minimum absolute atomic E-state index is 0.0743. The Bertz CT molecular complexity index is 1220. The number of ether oxygens (including phenoxy) is 3. The van der Waals surface area contributed by atoms with Crippen LogP contribution in [0.15, 0.2) is 48.1 Å². The third-order valence-corrected chi connectivity index (χ3v) is 6.35. The van der Waals surface area contributed by atoms with Crippen LogP contribution in [-0.4, -0.2) is 33.0 Å². The van der Waals surface area contributed by atoms with E-state index in [4.69, 9.17) is 14.2 Å². The highest BCUT2D eigenvalue weighted by Gasteiger charge is 2.70. The lowest BCUT2D eigenvalue weighted by molar-refractivity contribution is -0.201. The first-order chi connectivity index (χ1) is 15.1. The van der Waals surface area contributed by atoms with Gasteiger partial charge in [-0.2, -0.15) is 0 Å². The maximum atomic E-state index is 13.7. The topological polar surface area (TPSA) is 105 Å². The summed E-state index contributed by atoms with van der Waals surface area (Å²) >= 11 is 0. The average molecular weight is 436 g/mol. The van der Waals surface area contributed by atoms with Crippen molar-refractivity contribution in [1.82, 2.24) is 0 Å². The van der Waals surface area contributed by atoms with Crippen molar-refractivity contribution < 1.29 is 34.3 Å². The molecule has 0 unspecified atom stereocenters. The molecule has 32 heavy (non-hydrogen) atoms. The first-order valence-corrected chi connectivity index (χ1v) is 10.4. The molecule has 0 spiro atoms. The average Bonchev–Trinajstić information content (AvgIpc) is 3.24. The van der Waals surface area contributed by atoms with E-state index < -0.39 is 17.2 Å². The molecule has 3 aliphatic rings. The molecule has 166 valence electrons. The fourth-order valence-corrected chi connectivity index (χ4v) is 4.64. The highest BCUT2D eigenvalue weighted by molar-refractivity contribution is 6.09. The molecule has 3 heterocycles. The van der Waals surface area contributed by atoms with Gasteiger partial charge in [0.25, 0.3) is 0 Å². The van der Waals surface area contributed by atoms with E-state index in [9.17, 15) is 20.1 Å². The van der Waals surface area contributed by atoms with Crippen molar-refractivity contribution in [2.24, 2.45) is 0 Å². The standard InChI is InChI=1S/C25H24O7/c1-12(2)7-8-24-16-6-5-14(26)9-20(16)31-25(24,29)23(28)21-17(27)11-19-15(22(21)32-24)10-18(30-19)13(3)4/h5-7,9,11,18,26-27,29H,3,8,10H2,1-2,4H3/t18-,24-,25-/m1/s1. The molecular formula is C25H24O7. The number of ketones is 1. The summed E-state index contributed by atoms with van der Waals surface area (Å²) in [5, 5.41) is 32.3. The second-order valence-corrected chi connectivity index (χ2v) is 8.90. The lowest BCUT2D eigenvalue weighted by Crippen LogP contribution is -2.62. The van der Waals surface area contributed by atoms with Gasteiger partial charge in [0, 0.05) is 36.1 Å². The second kappa shape index (κ2) is 6.53. The first kappa shape index (κ1) is 20.5. The SMILES string of the molecule is C=C(C)[C@H]1Cc2c(cc(O)c3c2O[C@]2(CC=C(C)C)c4ccc(O)cc4O[C@]2(O)C3=O)O1. The summed E-state index contributed by atoms with van der Waals surface area (Å²) in [6, 6.07) is 5.73. The number of benzene rings is 2. The van der Waals surface area contributed by atoms with Crippen LogP contribution in [-0.2, 0) is 12.0 Å². The summed E-state index contributed by atoms with van der Waals surface area (Å²) in [6.45, 7) is 9.59. The maximum absolute atomic E-state index is 13.7. The van der Waals surface area contributed by atoms with Crippen molar-refractivity contribution in [2.75, 3.05) is 0 Å². The van der Waals surface area contributed by atoms with E-state index in [1.807, 2.05) is 26.8 Å². The molecule has 0 aromatic heterocycles. The summed E-state index contributed by atoms with van der Waals surface area (Å²) in [6.07, 6.45) is 2.09. The number of allylic oxidation sites excluding steroid dienone is 1. The number of phenols is 2. The number of carbonyl (C=O) groups is 1. The van der Waals surface area contributed by atoms with E-state index in [0.29, 0.717) is 23.3 Å². The molecule has 0 bridgehead atoms. The van der Waals surface area contributed by atoms with Gasteiger partial charge >= 0.3 is 5.79 Å². The van der Waals surface area contributed by atoms with Crippen LogP contribution in [0.25, 0.3) is 0 Å². The van der Waals surface area contributed by atoms with Crippen LogP contribution >= 0.6 is 0 Å². The predicted molar refractivity (Wildman–Crippen MR) is 115 cm³/mol. The highest BCUT2D eigenvalue weighted by Crippen LogP contribution is 2.59. The minimum atomic E-state index is -2.43. The van der Waals surface area contributed by atoms with Crippen LogP contribution in [0.3, 0.4) is 0 Å². The molecule has 7 heteroatoms. The van der Waals surface area contributed by atoms with Gasteiger partial charge in [0.15, 0.2) is 0 Å². The molecule has 0 amide bonds. The Morgan fingerprint density at radius 1 is 1.19 bits per heavy atom. The number of aliphatic hydroxyl groups is 1. The van der Waals surface area contributed by atoms with Gasteiger partial charge in [0.1, 0.15) is 40.4 Å². The second-order valence-electron chi connectivity index (χ2n) is 8.90. The van der Waals surface area contributed by atoms with E-state index in [-0.39, 0.29) is 41.1 Å². The lowest BCUT2D eigenvalue weighted by atomic mass is 9.77. The maximum Gasteiger partial charge on any atom is 0.318 e. The fraction of sp³-hybridized carbons (Fsp3) is 0.320. The minimum Gasteiger partial charge on any atom is -0.508 e. The van der Waals surface area contributed by atoms with Crippen LogP contribution in [0.4, 0.5) is 0 Å². The van der Waals surface area contributed by atoms with E-state index in [2.05, 4.69) is 6.58 Å². The van der Waals surface area contributed by atoms with Gasteiger partial charge in [0.05, 0.1) is 0 Å². The summed E-state index contributed by atoms with van der Waals surface area (Å²) in [5.41, 5.74) is 1.06. The van der Waals surface area contributed by atoms with Crippen molar-refractivity contribution in [1.29, 1.82) is 0 Å². The van der Waals surface area contributed by atoms with Crippen molar-refractivity contribution in [3.05, 3.63) is 64.8 Å². The Morgan fingerprint density at radius 3 is 2.62 bits per heavy atom. The number of rotatable bonds is 3. The van der Waals surface area contributed by atoms with Crippen molar-refractivity contribution >= 4 is 5.78 Å². The largest absolute Gasteiger partial charge is 0.508 e. The van der Waals surface area contributed by atoms with Crippen LogP contribution in [0.2, 0.25) is 0 Å². The highest BCUT2D eigenvalue weighted by atomic mass is 16.7. The van der Waals surface area contributed by atoms with E-state index in [0.717, 1.165) is 11.1 Å². The Labute approximate surface area is 185 Å². The van der Waals surface area contributed by atoms with E-state index in [1.54, 1.807) is 6.07 Å². The number of phenolic OH excluding ortho intramolecular Hbond substituents is 2. The van der Waals surface area contributed by atoms with Crippen molar-refractivity contribution in [3.63, 3.8) is 0 Å². The van der Waals surface area contributed by atoms with Crippen molar-refractivity contribution in [3.8, 4) is 28.7 Å². The molecule has 2 aromatic rings. The van der Waals surface area contributed by atoms with Crippen LogP contribution in [0.1, 0.15) is 48.7 Å². The molecule has 0 aliphatic carbocycles. The summed E-state index contributed by atoms with van der Waals surface area (Å²) in [5.74, 6) is -2.95. The predicted octanol–water partition coefficient (Wildman–Crippen LogP) is 3.89. The summed E-state index contributed by atoms with van der Waals surface area (Å²) in [7, 11) is 0. The Hall–Kier alpha value is -3.45. The Kier molecular flexibility index (Phi) is 4.17. The molecule has 3 atom stereocenters. The van der Waals surface area contributed by atoms with Gasteiger partial charge in [-0.25, -0.2) is 0 Å². The third-order valence-electron chi connectivity index (χ3n) is 6.35. The number of hydrogen-bond acceptors (Lipinski definition) is 7. The number of aromatic hydroxyl groups is 2. The molecule has 0 radical (unpaired) electrons. The number of fused-ring (bicyclic) bond motifs is 6. The Morgan fingerprint density at radius 2 is 1.94 bits per heavy atom. The molecule has 2 aromatic carbocycles. The van der Waals surface area contributed by atoms with Gasteiger partial charge in [-0.15, -0.1) is 0 Å². The third kappa shape index (κ3) is 2.54. The Balaban J connectivity index is 1.77. The number of carbonyl (C=O) groups excluding carboxylic acids is 1. The van der Waals surface area contributed by atoms with Crippen LogP contribution in [0, 0.1) is 0 Å². The van der Waals surface area contributed by atoms with E-state index in [1.165, 1.54) is 18.2 Å². The van der Waals surface area contributed by atoms with Crippen LogP contribution < -0.4 is 14.2 Å². The first-order valence-electron chi connectivity index (χ1n) is 10.4. The summed E-state index contributed by atoms with van der Waals surface area (Å²) < 4.78 is 18.2. The molecule has 7 nitrogen and oxygen atoms in total. The molecule has 3 aliphatic heterocycles. The van der Waals surface area contributed by atoms with Crippen LogP contribution in [0.5, 0.6) is 28.7 Å². The molecule has 0 fully saturated rings. The van der Waals surface area contributed by atoms with Gasteiger partial charge in [-0.3, -0.25) is 4.79 Å². The lowest BCUT2D eigenvalue weighted by Gasteiger charge is -2.43. The van der Waals surface area contributed by atoms with Gasteiger partial charge in [-0.05, 0) is 38.5 Å². The smallest absolute Gasteiger partial charge is 0.318 e.